The minimum atomic E-state index is -4.59. The van der Waals surface area contributed by atoms with Gasteiger partial charge in [-0.1, -0.05) is 19.1 Å². The maximum absolute atomic E-state index is 13.4. The number of aromatic nitrogens is 3. The molecular formula is C20H20F4N6O. The highest BCUT2D eigenvalue weighted by Crippen LogP contribution is 2.35. The lowest BCUT2D eigenvalue weighted by molar-refractivity contribution is -0.141. The van der Waals surface area contributed by atoms with E-state index in [0.717, 1.165) is 16.1 Å². The summed E-state index contributed by atoms with van der Waals surface area (Å²) in [6.45, 7) is 2.71. The number of anilines is 1. The summed E-state index contributed by atoms with van der Waals surface area (Å²) in [6, 6.07) is 7.88. The number of carbonyl (C=O) groups excluding carboxylic acids is 1. The van der Waals surface area contributed by atoms with Crippen molar-refractivity contribution in [2.24, 2.45) is 5.73 Å². The van der Waals surface area contributed by atoms with E-state index in [1.54, 1.807) is 18.2 Å². The number of benzene rings is 1. The highest BCUT2D eigenvalue weighted by atomic mass is 19.4. The molecule has 3 heterocycles. The molecule has 0 aliphatic carbocycles. The Bertz CT molecular complexity index is 1120. The van der Waals surface area contributed by atoms with Gasteiger partial charge in [-0.3, -0.25) is 0 Å². The zero-order chi connectivity index (χ0) is 22.4. The molecular weight excluding hydrogens is 416 g/mol. The third-order valence-corrected chi connectivity index (χ3v) is 5.50. The highest BCUT2D eigenvalue weighted by Gasteiger charge is 2.46. The standard InChI is InChI=1S/C20H20F4N6O/c1-2-14-7-16(30-17(27-14)8-15(28-30)20(22,23)24)26-9-19(10-29(11-19)18(25)31)12-3-5-13(21)6-4-12/h3-8,26H,2,9-11H2,1H3,(H2,25,31). The number of halogens is 4. The Morgan fingerprint density at radius 1 is 1.23 bits per heavy atom. The van der Waals surface area contributed by atoms with Crippen LogP contribution in [0.3, 0.4) is 0 Å². The van der Waals surface area contributed by atoms with Crippen LogP contribution in [0.5, 0.6) is 0 Å². The van der Waals surface area contributed by atoms with Crippen molar-refractivity contribution in [1.29, 1.82) is 0 Å². The van der Waals surface area contributed by atoms with Crippen molar-refractivity contribution < 1.29 is 22.4 Å². The molecule has 11 heteroatoms. The molecule has 0 bridgehead atoms. The number of hydrogen-bond acceptors (Lipinski definition) is 4. The monoisotopic (exact) mass is 436 g/mol. The fraction of sp³-hybridized carbons (Fsp3) is 0.350. The van der Waals surface area contributed by atoms with Crippen LogP contribution in [0.2, 0.25) is 0 Å². The lowest BCUT2D eigenvalue weighted by Gasteiger charge is -2.50. The molecule has 3 aromatic rings. The average molecular weight is 436 g/mol. The predicted molar refractivity (Wildman–Crippen MR) is 105 cm³/mol. The van der Waals surface area contributed by atoms with Crippen LogP contribution < -0.4 is 11.1 Å². The number of rotatable bonds is 5. The van der Waals surface area contributed by atoms with E-state index in [4.69, 9.17) is 5.73 Å². The zero-order valence-electron chi connectivity index (χ0n) is 16.6. The SMILES string of the molecule is CCc1cc(NCC2(c3ccc(F)cc3)CN(C(N)=O)C2)n2nc(C(F)(F)F)cc2n1. The van der Waals surface area contributed by atoms with Gasteiger partial charge in [-0.2, -0.15) is 22.8 Å². The number of alkyl halides is 3. The number of hydrogen-bond donors (Lipinski definition) is 2. The highest BCUT2D eigenvalue weighted by molar-refractivity contribution is 5.74. The minimum absolute atomic E-state index is 0.0809. The fourth-order valence-electron chi connectivity index (χ4n) is 3.77. The third-order valence-electron chi connectivity index (χ3n) is 5.50. The molecule has 4 rings (SSSR count). The first-order chi connectivity index (χ1) is 14.6. The van der Waals surface area contributed by atoms with E-state index in [9.17, 15) is 22.4 Å². The Balaban J connectivity index is 1.67. The summed E-state index contributed by atoms with van der Waals surface area (Å²) in [5.41, 5.74) is 5.22. The minimum Gasteiger partial charge on any atom is -0.369 e. The van der Waals surface area contributed by atoms with Crippen LogP contribution in [0.4, 0.5) is 28.2 Å². The lowest BCUT2D eigenvalue weighted by atomic mass is 9.73. The lowest BCUT2D eigenvalue weighted by Crippen LogP contribution is -2.65. The molecule has 1 aromatic carbocycles. The molecule has 0 atom stereocenters. The number of primary amides is 1. The van der Waals surface area contributed by atoms with Crippen molar-refractivity contribution in [3.63, 3.8) is 0 Å². The molecule has 1 aliphatic heterocycles. The summed E-state index contributed by atoms with van der Waals surface area (Å²) in [5, 5.41) is 6.83. The van der Waals surface area contributed by atoms with E-state index in [1.165, 1.54) is 17.0 Å². The summed E-state index contributed by atoms with van der Waals surface area (Å²) in [7, 11) is 0. The van der Waals surface area contributed by atoms with Gasteiger partial charge in [0.15, 0.2) is 11.3 Å². The van der Waals surface area contributed by atoms with Gasteiger partial charge in [0.1, 0.15) is 11.6 Å². The van der Waals surface area contributed by atoms with Crippen LogP contribution in [0.1, 0.15) is 23.9 Å². The number of aryl methyl sites for hydroxylation is 1. The summed E-state index contributed by atoms with van der Waals surface area (Å²) < 4.78 is 54.0. The number of likely N-dealkylation sites (tertiary alicyclic amines) is 1. The first kappa shape index (κ1) is 20.9. The summed E-state index contributed by atoms with van der Waals surface area (Å²) in [6.07, 6.45) is -4.07. The largest absolute Gasteiger partial charge is 0.435 e. The molecule has 1 fully saturated rings. The van der Waals surface area contributed by atoms with Crippen LogP contribution in [0, 0.1) is 5.82 Å². The number of nitrogens with one attached hydrogen (secondary N) is 1. The van der Waals surface area contributed by atoms with E-state index < -0.39 is 29.1 Å². The summed E-state index contributed by atoms with van der Waals surface area (Å²) in [5.74, 6) is -0.0473. The van der Waals surface area contributed by atoms with Crippen molar-refractivity contribution in [3.05, 3.63) is 59.2 Å². The molecule has 3 N–H and O–H groups in total. The Morgan fingerprint density at radius 3 is 2.48 bits per heavy atom. The van der Waals surface area contributed by atoms with Crippen LogP contribution in [-0.2, 0) is 18.0 Å². The van der Waals surface area contributed by atoms with Crippen molar-refractivity contribution >= 4 is 17.5 Å². The van der Waals surface area contributed by atoms with Gasteiger partial charge in [-0.25, -0.2) is 14.2 Å². The average Bonchev–Trinajstić information content (AvgIpc) is 3.12. The molecule has 1 aliphatic rings. The maximum Gasteiger partial charge on any atom is 0.435 e. The van der Waals surface area contributed by atoms with Crippen molar-refractivity contribution in [2.45, 2.75) is 24.9 Å². The molecule has 0 spiro atoms. The summed E-state index contributed by atoms with van der Waals surface area (Å²) >= 11 is 0. The molecule has 164 valence electrons. The van der Waals surface area contributed by atoms with Gasteiger partial charge in [-0.05, 0) is 24.1 Å². The Kier molecular flexibility index (Phi) is 4.98. The van der Waals surface area contributed by atoms with E-state index in [-0.39, 0.29) is 12.2 Å². The molecule has 0 radical (unpaired) electrons. The number of fused-ring (bicyclic) bond motifs is 1. The molecule has 0 saturated carbocycles. The predicted octanol–water partition coefficient (Wildman–Crippen LogP) is 3.19. The van der Waals surface area contributed by atoms with E-state index in [0.29, 0.717) is 31.0 Å². The van der Waals surface area contributed by atoms with Gasteiger partial charge in [0.25, 0.3) is 0 Å². The molecule has 7 nitrogen and oxygen atoms in total. The topological polar surface area (TPSA) is 88.5 Å². The van der Waals surface area contributed by atoms with E-state index in [2.05, 4.69) is 15.4 Å². The van der Waals surface area contributed by atoms with Crippen molar-refractivity contribution in [1.82, 2.24) is 19.5 Å². The van der Waals surface area contributed by atoms with Gasteiger partial charge in [0.05, 0.1) is 0 Å². The molecule has 0 unspecified atom stereocenters. The molecule has 2 amide bonds. The smallest absolute Gasteiger partial charge is 0.369 e. The van der Waals surface area contributed by atoms with E-state index in [1.807, 2.05) is 6.92 Å². The normalized spacial score (nSPS) is 15.7. The molecule has 31 heavy (non-hydrogen) atoms. The van der Waals surface area contributed by atoms with Crippen molar-refractivity contribution in [2.75, 3.05) is 25.0 Å². The Labute approximate surface area is 174 Å². The van der Waals surface area contributed by atoms with Crippen LogP contribution in [0.25, 0.3) is 5.65 Å². The van der Waals surface area contributed by atoms with Crippen LogP contribution in [-0.4, -0.2) is 45.2 Å². The Hall–Kier alpha value is -3.37. The van der Waals surface area contributed by atoms with Crippen LogP contribution >= 0.6 is 0 Å². The van der Waals surface area contributed by atoms with Gasteiger partial charge in [0.2, 0.25) is 0 Å². The number of nitrogens with two attached hydrogens (primary N) is 1. The number of carbonyl (C=O) groups is 1. The fourth-order valence-corrected chi connectivity index (χ4v) is 3.77. The zero-order valence-corrected chi connectivity index (χ0v) is 16.6. The first-order valence-electron chi connectivity index (χ1n) is 9.62. The molecule has 2 aromatic heterocycles. The van der Waals surface area contributed by atoms with E-state index >= 15 is 0 Å². The number of urea groups is 1. The van der Waals surface area contributed by atoms with Gasteiger partial charge < -0.3 is 16.0 Å². The summed E-state index contributed by atoms with van der Waals surface area (Å²) in [4.78, 5) is 17.2. The quantitative estimate of drug-likeness (QED) is 0.602. The number of amides is 2. The first-order valence-corrected chi connectivity index (χ1v) is 9.62. The second kappa shape index (κ2) is 7.40. The number of nitrogens with zero attached hydrogens (tertiary/aromatic N) is 4. The van der Waals surface area contributed by atoms with Crippen molar-refractivity contribution in [3.8, 4) is 0 Å². The Morgan fingerprint density at radius 2 is 1.90 bits per heavy atom. The maximum atomic E-state index is 13.4. The van der Waals surface area contributed by atoms with Gasteiger partial charge in [0, 0.05) is 42.9 Å². The third kappa shape index (κ3) is 3.87. The second-order valence-electron chi connectivity index (χ2n) is 7.62. The van der Waals surface area contributed by atoms with Crippen LogP contribution in [0.15, 0.2) is 36.4 Å². The van der Waals surface area contributed by atoms with Gasteiger partial charge >= 0.3 is 12.2 Å². The second-order valence-corrected chi connectivity index (χ2v) is 7.62. The molecule has 1 saturated heterocycles. The van der Waals surface area contributed by atoms with Gasteiger partial charge in [-0.15, -0.1) is 0 Å².